The van der Waals surface area contributed by atoms with Crippen LogP contribution in [0.2, 0.25) is 0 Å². The molecule has 0 heterocycles. The SMILES string of the molecule is COC1(C(F)(F)C(=O)C(C)C)CCCCC1. The summed E-state index contributed by atoms with van der Waals surface area (Å²) in [7, 11) is 1.28. The molecule has 0 atom stereocenters. The first-order valence-electron chi connectivity index (χ1n) is 5.84. The lowest BCUT2D eigenvalue weighted by Gasteiger charge is -2.41. The van der Waals surface area contributed by atoms with Crippen molar-refractivity contribution in [3.05, 3.63) is 0 Å². The molecular formula is C12H20F2O2. The predicted octanol–water partition coefficient (Wildman–Crippen LogP) is 3.20. The van der Waals surface area contributed by atoms with Gasteiger partial charge in [0, 0.05) is 13.0 Å². The molecule has 1 aliphatic carbocycles. The fourth-order valence-corrected chi connectivity index (χ4v) is 2.36. The van der Waals surface area contributed by atoms with Crippen LogP contribution in [0.4, 0.5) is 8.78 Å². The lowest BCUT2D eigenvalue weighted by molar-refractivity contribution is -0.212. The number of carbonyl (C=O) groups excluding carboxylic acids is 1. The Bertz CT molecular complexity index is 256. The molecule has 4 heteroatoms. The van der Waals surface area contributed by atoms with E-state index in [2.05, 4.69) is 0 Å². The maximum absolute atomic E-state index is 14.1. The summed E-state index contributed by atoms with van der Waals surface area (Å²) in [5, 5.41) is 0. The number of halogens is 2. The number of methoxy groups -OCH3 is 1. The second-order valence-corrected chi connectivity index (χ2v) is 4.85. The molecule has 16 heavy (non-hydrogen) atoms. The molecule has 0 aromatic carbocycles. The van der Waals surface area contributed by atoms with Gasteiger partial charge in [-0.25, -0.2) is 0 Å². The van der Waals surface area contributed by atoms with Crippen molar-refractivity contribution in [3.8, 4) is 0 Å². The molecule has 0 aromatic rings. The first-order valence-corrected chi connectivity index (χ1v) is 5.84. The van der Waals surface area contributed by atoms with Crippen LogP contribution in [0.5, 0.6) is 0 Å². The van der Waals surface area contributed by atoms with E-state index in [0.717, 1.165) is 6.42 Å². The van der Waals surface area contributed by atoms with Crippen LogP contribution in [-0.4, -0.2) is 24.4 Å². The molecule has 0 unspecified atom stereocenters. The Morgan fingerprint density at radius 3 is 2.12 bits per heavy atom. The van der Waals surface area contributed by atoms with Crippen molar-refractivity contribution in [1.29, 1.82) is 0 Å². The highest BCUT2D eigenvalue weighted by atomic mass is 19.3. The van der Waals surface area contributed by atoms with Gasteiger partial charge >= 0.3 is 5.92 Å². The maximum Gasteiger partial charge on any atom is 0.333 e. The van der Waals surface area contributed by atoms with Crippen molar-refractivity contribution in [3.63, 3.8) is 0 Å². The summed E-state index contributed by atoms with van der Waals surface area (Å²) < 4.78 is 33.3. The number of hydrogen-bond acceptors (Lipinski definition) is 2. The van der Waals surface area contributed by atoms with E-state index in [1.54, 1.807) is 0 Å². The second kappa shape index (κ2) is 4.78. The Kier molecular flexibility index (Phi) is 4.05. The minimum atomic E-state index is -3.36. The van der Waals surface area contributed by atoms with E-state index >= 15 is 0 Å². The summed E-state index contributed by atoms with van der Waals surface area (Å²) in [5.74, 6) is -5.03. The van der Waals surface area contributed by atoms with Gasteiger partial charge in [-0.1, -0.05) is 33.1 Å². The molecule has 2 nitrogen and oxygen atoms in total. The van der Waals surface area contributed by atoms with E-state index in [0.29, 0.717) is 12.8 Å². The van der Waals surface area contributed by atoms with E-state index in [-0.39, 0.29) is 12.8 Å². The van der Waals surface area contributed by atoms with Crippen LogP contribution >= 0.6 is 0 Å². The van der Waals surface area contributed by atoms with Gasteiger partial charge in [0.2, 0.25) is 5.78 Å². The second-order valence-electron chi connectivity index (χ2n) is 4.85. The molecule has 0 aliphatic heterocycles. The first-order chi connectivity index (χ1) is 7.37. The van der Waals surface area contributed by atoms with E-state index in [9.17, 15) is 13.6 Å². The summed E-state index contributed by atoms with van der Waals surface area (Å²) in [6, 6.07) is 0. The molecule has 0 amide bonds. The van der Waals surface area contributed by atoms with E-state index < -0.39 is 23.2 Å². The van der Waals surface area contributed by atoms with Gasteiger partial charge in [0.1, 0.15) is 5.60 Å². The number of rotatable bonds is 4. The van der Waals surface area contributed by atoms with Crippen molar-refractivity contribution in [2.24, 2.45) is 5.92 Å². The fourth-order valence-electron chi connectivity index (χ4n) is 2.36. The van der Waals surface area contributed by atoms with Crippen LogP contribution < -0.4 is 0 Å². The van der Waals surface area contributed by atoms with Crippen LogP contribution in [0, 0.1) is 5.92 Å². The van der Waals surface area contributed by atoms with Crippen LogP contribution in [0.15, 0.2) is 0 Å². The zero-order valence-corrected chi connectivity index (χ0v) is 10.2. The van der Waals surface area contributed by atoms with E-state index in [1.165, 1.54) is 21.0 Å². The highest BCUT2D eigenvalue weighted by molar-refractivity contribution is 5.88. The molecule has 94 valence electrons. The summed E-state index contributed by atoms with van der Waals surface area (Å²) in [6.07, 6.45) is 2.89. The molecule has 1 aliphatic rings. The van der Waals surface area contributed by atoms with Gasteiger partial charge in [-0.2, -0.15) is 8.78 Å². The molecule has 1 saturated carbocycles. The van der Waals surface area contributed by atoms with Crippen LogP contribution in [0.1, 0.15) is 46.0 Å². The van der Waals surface area contributed by atoms with Crippen molar-refractivity contribution >= 4 is 5.78 Å². The summed E-state index contributed by atoms with van der Waals surface area (Å²) in [6.45, 7) is 3.00. The number of Topliss-reactive ketones (excluding diaryl/α,β-unsaturated/α-hetero) is 1. The molecule has 0 spiro atoms. The van der Waals surface area contributed by atoms with Crippen LogP contribution in [0.25, 0.3) is 0 Å². The van der Waals surface area contributed by atoms with Gasteiger partial charge in [-0.3, -0.25) is 4.79 Å². The van der Waals surface area contributed by atoms with E-state index in [4.69, 9.17) is 4.74 Å². The van der Waals surface area contributed by atoms with Crippen molar-refractivity contribution < 1.29 is 18.3 Å². The monoisotopic (exact) mass is 234 g/mol. The molecule has 0 radical (unpaired) electrons. The third kappa shape index (κ3) is 2.12. The third-order valence-electron chi connectivity index (χ3n) is 3.46. The Labute approximate surface area is 95.4 Å². The van der Waals surface area contributed by atoms with Gasteiger partial charge in [0.05, 0.1) is 0 Å². The number of carbonyl (C=O) groups is 1. The van der Waals surface area contributed by atoms with Gasteiger partial charge in [0.25, 0.3) is 0 Å². The predicted molar refractivity (Wildman–Crippen MR) is 57.6 cm³/mol. The van der Waals surface area contributed by atoms with Crippen molar-refractivity contribution in [2.75, 3.05) is 7.11 Å². The number of ketones is 1. The average Bonchev–Trinajstić information content (AvgIpc) is 2.28. The summed E-state index contributed by atoms with van der Waals surface area (Å²) in [5.41, 5.74) is -1.56. The van der Waals surface area contributed by atoms with Gasteiger partial charge < -0.3 is 4.74 Å². The molecule has 1 rings (SSSR count). The Morgan fingerprint density at radius 2 is 1.75 bits per heavy atom. The summed E-state index contributed by atoms with van der Waals surface area (Å²) >= 11 is 0. The van der Waals surface area contributed by atoms with Gasteiger partial charge in [-0.15, -0.1) is 0 Å². The lowest BCUT2D eigenvalue weighted by atomic mass is 9.76. The standard InChI is InChI=1S/C12H20F2O2/c1-9(2)10(15)12(13,14)11(16-3)7-5-4-6-8-11/h9H,4-8H2,1-3H3. The van der Waals surface area contributed by atoms with Gasteiger partial charge in [-0.05, 0) is 12.8 Å². The van der Waals surface area contributed by atoms with Crippen LogP contribution in [0.3, 0.4) is 0 Å². The average molecular weight is 234 g/mol. The van der Waals surface area contributed by atoms with Crippen LogP contribution in [-0.2, 0) is 9.53 Å². The Balaban J connectivity index is 2.97. The van der Waals surface area contributed by atoms with Crippen molar-refractivity contribution in [1.82, 2.24) is 0 Å². The highest BCUT2D eigenvalue weighted by Crippen LogP contribution is 2.44. The first kappa shape index (κ1) is 13.6. The quantitative estimate of drug-likeness (QED) is 0.746. The van der Waals surface area contributed by atoms with Crippen molar-refractivity contribution in [2.45, 2.75) is 57.5 Å². The molecule has 1 fully saturated rings. The molecular weight excluding hydrogens is 214 g/mol. The smallest absolute Gasteiger partial charge is 0.333 e. The van der Waals surface area contributed by atoms with Gasteiger partial charge in [0.15, 0.2) is 0 Å². The normalized spacial score (nSPS) is 21.1. The molecule has 0 bridgehead atoms. The number of hydrogen-bond donors (Lipinski definition) is 0. The number of alkyl halides is 2. The topological polar surface area (TPSA) is 26.3 Å². The minimum absolute atomic E-state index is 0.273. The lowest BCUT2D eigenvalue weighted by Crippen LogP contribution is -2.56. The Morgan fingerprint density at radius 1 is 1.25 bits per heavy atom. The third-order valence-corrected chi connectivity index (χ3v) is 3.46. The maximum atomic E-state index is 14.1. The zero-order valence-electron chi connectivity index (χ0n) is 10.2. The summed E-state index contributed by atoms with van der Waals surface area (Å²) in [4.78, 5) is 11.6. The fraction of sp³-hybridized carbons (Fsp3) is 0.917. The molecule has 0 N–H and O–H groups in total. The molecule has 0 saturated heterocycles. The zero-order chi connectivity index (χ0) is 12.4. The Hall–Kier alpha value is -0.510. The largest absolute Gasteiger partial charge is 0.371 e. The van der Waals surface area contributed by atoms with E-state index in [1.807, 2.05) is 0 Å². The highest BCUT2D eigenvalue weighted by Gasteiger charge is 2.59. The number of ether oxygens (including phenoxy) is 1. The minimum Gasteiger partial charge on any atom is -0.371 e. The molecule has 0 aromatic heterocycles.